The molecule has 0 saturated carbocycles. The van der Waals surface area contributed by atoms with Crippen LogP contribution in [0, 0.1) is 6.92 Å². The van der Waals surface area contributed by atoms with E-state index in [0.29, 0.717) is 19.4 Å². The lowest BCUT2D eigenvalue weighted by Gasteiger charge is -2.35. The molecular formula is C18H30N2O4SSi. The van der Waals surface area contributed by atoms with Gasteiger partial charge < -0.3 is 4.53 Å². The maximum absolute atomic E-state index is 12.9. The number of carbonyl (C=O) groups excluding carboxylic acids is 1. The standard InChI is InChI=1S/C18H30N2O4SSi/c1-14-9-11-15(12-10-14)25(22,23)20-13-7-8-16(20)17(21)19-24-26(5,6)18(2,3)4/h9-12,16H,7-8,13H2,1-6H3,(H,19,21)/t16-/m0/s1. The van der Waals surface area contributed by atoms with Crippen LogP contribution in [-0.4, -0.2) is 39.5 Å². The van der Waals surface area contributed by atoms with E-state index in [0.717, 1.165) is 5.56 Å². The number of amides is 1. The first-order chi connectivity index (χ1) is 11.9. The molecule has 1 N–H and O–H groups in total. The molecule has 6 nitrogen and oxygen atoms in total. The fourth-order valence-electron chi connectivity index (χ4n) is 2.53. The molecule has 0 spiro atoms. The Balaban J connectivity index is 2.14. The zero-order chi connectivity index (χ0) is 19.8. The van der Waals surface area contributed by atoms with Crippen molar-refractivity contribution in [2.45, 2.75) is 69.6 Å². The third-order valence-corrected chi connectivity index (χ3v) is 11.5. The van der Waals surface area contributed by atoms with Crippen LogP contribution in [-0.2, 0) is 19.3 Å². The molecule has 1 fully saturated rings. The second-order valence-electron chi connectivity index (χ2n) is 8.42. The Morgan fingerprint density at radius 3 is 2.35 bits per heavy atom. The highest BCUT2D eigenvalue weighted by Gasteiger charge is 2.42. The molecule has 1 saturated heterocycles. The summed E-state index contributed by atoms with van der Waals surface area (Å²) in [6.45, 7) is 12.5. The Labute approximate surface area is 158 Å². The predicted octanol–water partition coefficient (Wildman–Crippen LogP) is 3.20. The third-order valence-electron chi connectivity index (χ3n) is 5.35. The van der Waals surface area contributed by atoms with Gasteiger partial charge in [0.05, 0.1) is 4.90 Å². The van der Waals surface area contributed by atoms with Gasteiger partial charge in [-0.2, -0.15) is 4.31 Å². The minimum atomic E-state index is -3.70. The van der Waals surface area contributed by atoms with Crippen LogP contribution in [0.15, 0.2) is 29.2 Å². The Hall–Kier alpha value is -1.22. The van der Waals surface area contributed by atoms with Crippen LogP contribution in [0.25, 0.3) is 0 Å². The van der Waals surface area contributed by atoms with Crippen molar-refractivity contribution in [1.82, 2.24) is 9.79 Å². The van der Waals surface area contributed by atoms with Crippen LogP contribution in [0.1, 0.15) is 39.2 Å². The number of hydrogen-bond donors (Lipinski definition) is 1. The van der Waals surface area contributed by atoms with E-state index in [1.807, 2.05) is 20.0 Å². The Morgan fingerprint density at radius 1 is 1.23 bits per heavy atom. The van der Waals surface area contributed by atoms with E-state index in [-0.39, 0.29) is 15.8 Å². The average Bonchev–Trinajstić information content (AvgIpc) is 3.02. The van der Waals surface area contributed by atoms with E-state index >= 15 is 0 Å². The average molecular weight is 399 g/mol. The van der Waals surface area contributed by atoms with Crippen LogP contribution in [0.2, 0.25) is 18.1 Å². The molecule has 0 radical (unpaired) electrons. The van der Waals surface area contributed by atoms with Gasteiger partial charge in [-0.3, -0.25) is 4.79 Å². The number of nitrogens with zero attached hydrogens (tertiary/aromatic N) is 1. The molecule has 1 atom stereocenters. The fourth-order valence-corrected chi connectivity index (χ4v) is 4.85. The van der Waals surface area contributed by atoms with Gasteiger partial charge in [0.25, 0.3) is 5.91 Å². The fraction of sp³-hybridized carbons (Fsp3) is 0.611. The normalized spacial score (nSPS) is 19.5. The van der Waals surface area contributed by atoms with Crippen LogP contribution in [0.5, 0.6) is 0 Å². The summed E-state index contributed by atoms with van der Waals surface area (Å²) >= 11 is 0. The molecule has 26 heavy (non-hydrogen) atoms. The lowest BCUT2D eigenvalue weighted by atomic mass is 10.2. The van der Waals surface area contributed by atoms with E-state index in [9.17, 15) is 13.2 Å². The zero-order valence-electron chi connectivity index (χ0n) is 16.5. The molecule has 1 amide bonds. The van der Waals surface area contributed by atoms with Gasteiger partial charge in [0.2, 0.25) is 18.3 Å². The van der Waals surface area contributed by atoms with Gasteiger partial charge in [0.1, 0.15) is 6.04 Å². The first-order valence-electron chi connectivity index (χ1n) is 8.93. The number of aryl methyl sites for hydroxylation is 1. The molecule has 2 rings (SSSR count). The summed E-state index contributed by atoms with van der Waals surface area (Å²) in [5.74, 6) is -0.386. The summed E-state index contributed by atoms with van der Waals surface area (Å²) in [7, 11) is -5.86. The monoisotopic (exact) mass is 398 g/mol. The molecule has 8 heteroatoms. The second-order valence-corrected chi connectivity index (χ2v) is 15.0. The van der Waals surface area contributed by atoms with Crippen LogP contribution >= 0.6 is 0 Å². The van der Waals surface area contributed by atoms with Crippen molar-refractivity contribution in [3.8, 4) is 0 Å². The van der Waals surface area contributed by atoms with Gasteiger partial charge >= 0.3 is 0 Å². The van der Waals surface area contributed by atoms with Crippen LogP contribution < -0.4 is 5.48 Å². The summed E-state index contributed by atoms with van der Waals surface area (Å²) < 4.78 is 32.9. The van der Waals surface area contributed by atoms with Crippen molar-refractivity contribution in [2.75, 3.05) is 6.54 Å². The van der Waals surface area contributed by atoms with Gasteiger partial charge in [-0.25, -0.2) is 13.9 Å². The van der Waals surface area contributed by atoms with Gasteiger partial charge in [0, 0.05) is 6.54 Å². The van der Waals surface area contributed by atoms with E-state index in [4.69, 9.17) is 4.53 Å². The minimum Gasteiger partial charge on any atom is -0.319 e. The molecular weight excluding hydrogens is 368 g/mol. The van der Waals surface area contributed by atoms with Crippen molar-refractivity contribution in [2.24, 2.45) is 0 Å². The first kappa shape index (κ1) is 21.1. The molecule has 1 aromatic rings. The molecule has 1 aliphatic rings. The lowest BCUT2D eigenvalue weighted by Crippen LogP contribution is -2.51. The van der Waals surface area contributed by atoms with Crippen molar-refractivity contribution in [3.63, 3.8) is 0 Å². The number of benzene rings is 1. The van der Waals surface area contributed by atoms with Crippen molar-refractivity contribution >= 4 is 24.2 Å². The highest BCUT2D eigenvalue weighted by molar-refractivity contribution is 7.89. The van der Waals surface area contributed by atoms with E-state index < -0.39 is 24.4 Å². The van der Waals surface area contributed by atoms with Gasteiger partial charge in [-0.15, -0.1) is 0 Å². The highest BCUT2D eigenvalue weighted by atomic mass is 32.2. The van der Waals surface area contributed by atoms with Gasteiger partial charge in [-0.05, 0) is 50.0 Å². The second kappa shape index (κ2) is 7.42. The smallest absolute Gasteiger partial charge is 0.260 e. The quantitative estimate of drug-likeness (QED) is 0.610. The van der Waals surface area contributed by atoms with E-state index in [1.54, 1.807) is 24.3 Å². The van der Waals surface area contributed by atoms with Crippen molar-refractivity contribution in [3.05, 3.63) is 29.8 Å². The largest absolute Gasteiger partial charge is 0.319 e. The molecule has 0 bridgehead atoms. The molecule has 1 aromatic carbocycles. The molecule has 0 aromatic heterocycles. The number of hydroxylamine groups is 1. The third kappa shape index (κ3) is 4.36. The summed E-state index contributed by atoms with van der Waals surface area (Å²) in [6.07, 6.45) is 1.15. The summed E-state index contributed by atoms with van der Waals surface area (Å²) in [5.41, 5.74) is 3.54. The first-order valence-corrected chi connectivity index (χ1v) is 13.3. The maximum atomic E-state index is 12.9. The summed E-state index contributed by atoms with van der Waals surface area (Å²) in [6, 6.07) is 5.97. The van der Waals surface area contributed by atoms with Crippen molar-refractivity contribution in [1.29, 1.82) is 0 Å². The molecule has 0 unspecified atom stereocenters. The maximum Gasteiger partial charge on any atom is 0.260 e. The van der Waals surface area contributed by atoms with Crippen molar-refractivity contribution < 1.29 is 17.7 Å². The summed E-state index contributed by atoms with van der Waals surface area (Å²) in [4.78, 5) is 12.9. The number of rotatable bonds is 5. The molecule has 1 heterocycles. The van der Waals surface area contributed by atoms with Crippen LogP contribution in [0.3, 0.4) is 0 Å². The highest BCUT2D eigenvalue weighted by Crippen LogP contribution is 2.36. The summed E-state index contributed by atoms with van der Waals surface area (Å²) in [5, 5.41) is -0.0520. The predicted molar refractivity (Wildman–Crippen MR) is 105 cm³/mol. The van der Waals surface area contributed by atoms with Gasteiger partial charge in [0.15, 0.2) is 0 Å². The molecule has 0 aliphatic carbocycles. The Morgan fingerprint density at radius 2 is 1.81 bits per heavy atom. The number of hydrogen-bond acceptors (Lipinski definition) is 4. The van der Waals surface area contributed by atoms with E-state index in [2.05, 4.69) is 26.3 Å². The Kier molecular flexibility index (Phi) is 6.02. The topological polar surface area (TPSA) is 75.7 Å². The lowest BCUT2D eigenvalue weighted by molar-refractivity contribution is -0.131. The number of carbonyl (C=O) groups is 1. The Bertz CT molecular complexity index is 754. The van der Waals surface area contributed by atoms with Gasteiger partial charge in [-0.1, -0.05) is 38.5 Å². The van der Waals surface area contributed by atoms with E-state index in [1.165, 1.54) is 4.31 Å². The molecule has 1 aliphatic heterocycles. The van der Waals surface area contributed by atoms with Crippen LogP contribution in [0.4, 0.5) is 0 Å². The molecule has 146 valence electrons. The minimum absolute atomic E-state index is 0.0520. The number of nitrogens with one attached hydrogen (secondary N) is 1. The zero-order valence-corrected chi connectivity index (χ0v) is 18.3. The SMILES string of the molecule is Cc1ccc(S(=O)(=O)N2CCC[C@H]2C(=O)NO[Si](C)(C)C(C)(C)C)cc1. The number of sulfonamides is 1.